The van der Waals surface area contributed by atoms with Crippen molar-refractivity contribution in [1.29, 1.82) is 5.26 Å². The number of nitriles is 1. The first-order chi connectivity index (χ1) is 10.2. The smallest absolute Gasteiger partial charge is 0.246 e. The number of allylic oxidation sites excluding steroid dienone is 1. The van der Waals surface area contributed by atoms with Crippen LogP contribution in [0.25, 0.3) is 0 Å². The summed E-state index contributed by atoms with van der Waals surface area (Å²) in [7, 11) is 1.59. The highest BCUT2D eigenvalue weighted by atomic mass is 16.5. The number of aromatic amines is 1. The molecule has 0 radical (unpaired) electrons. The zero-order valence-electron chi connectivity index (χ0n) is 11.3. The monoisotopic (exact) mass is 283 g/mol. The van der Waals surface area contributed by atoms with E-state index in [0.29, 0.717) is 22.8 Å². The van der Waals surface area contributed by atoms with E-state index in [1.54, 1.807) is 7.11 Å². The minimum absolute atomic E-state index is 0.0392. The Hall–Kier alpha value is -3.14. The maximum atomic E-state index is 9.38. The summed E-state index contributed by atoms with van der Waals surface area (Å²) < 4.78 is 10.5. The van der Waals surface area contributed by atoms with Gasteiger partial charge in [0.1, 0.15) is 23.2 Å². The topological polar surface area (TPSA) is 123 Å². The normalized spacial score (nSPS) is 16.9. The number of hydrogen-bond acceptors (Lipinski definition) is 6. The second kappa shape index (κ2) is 4.76. The number of hydrogen-bond donors (Lipinski definition) is 3. The van der Waals surface area contributed by atoms with Crippen molar-refractivity contribution in [2.45, 2.75) is 5.92 Å². The molecule has 0 amide bonds. The van der Waals surface area contributed by atoms with Gasteiger partial charge in [-0.2, -0.15) is 5.26 Å². The van der Waals surface area contributed by atoms with Gasteiger partial charge in [0, 0.05) is 0 Å². The second-order valence-electron chi connectivity index (χ2n) is 4.55. The maximum absolute atomic E-state index is 9.38. The molecule has 2 heterocycles. The lowest BCUT2D eigenvalue weighted by atomic mass is 9.85. The van der Waals surface area contributed by atoms with E-state index in [4.69, 9.17) is 20.9 Å². The minimum atomic E-state index is -0.414. The zero-order chi connectivity index (χ0) is 15.0. The van der Waals surface area contributed by atoms with Crippen LogP contribution >= 0.6 is 0 Å². The number of aromatic nitrogens is 2. The van der Waals surface area contributed by atoms with E-state index >= 15 is 0 Å². The van der Waals surface area contributed by atoms with Crippen molar-refractivity contribution in [3.05, 3.63) is 46.8 Å². The van der Waals surface area contributed by atoms with Crippen LogP contribution in [0.4, 0.5) is 5.82 Å². The number of anilines is 1. The van der Waals surface area contributed by atoms with Gasteiger partial charge < -0.3 is 20.9 Å². The predicted molar refractivity (Wildman–Crippen MR) is 75.3 cm³/mol. The Morgan fingerprint density at radius 2 is 2.05 bits per heavy atom. The first kappa shape index (κ1) is 12.9. The number of nitrogens with zero attached hydrogens (tertiary/aromatic N) is 2. The quantitative estimate of drug-likeness (QED) is 0.761. The fourth-order valence-electron chi connectivity index (χ4n) is 2.40. The Bertz CT molecular complexity index is 755. The molecular formula is C14H13N5O2. The van der Waals surface area contributed by atoms with Crippen LogP contribution in [-0.2, 0) is 0 Å². The molecule has 1 aliphatic rings. The molecule has 0 saturated carbocycles. The van der Waals surface area contributed by atoms with Gasteiger partial charge in [0.15, 0.2) is 0 Å². The number of rotatable bonds is 2. The van der Waals surface area contributed by atoms with Gasteiger partial charge in [-0.05, 0) is 17.7 Å². The molecule has 1 aromatic carbocycles. The Labute approximate surface area is 120 Å². The lowest BCUT2D eigenvalue weighted by molar-refractivity contribution is 0.379. The summed E-state index contributed by atoms with van der Waals surface area (Å²) in [6.45, 7) is 0. The SMILES string of the molecule is COc1ccc(C2C(C#N)=C(N)Oc3n[nH]c(N)c32)cc1. The van der Waals surface area contributed by atoms with Gasteiger partial charge in [-0.25, -0.2) is 0 Å². The van der Waals surface area contributed by atoms with E-state index in [1.165, 1.54) is 0 Å². The molecule has 21 heavy (non-hydrogen) atoms. The third kappa shape index (κ3) is 1.94. The number of nitrogens with two attached hydrogens (primary N) is 2. The third-order valence-electron chi connectivity index (χ3n) is 3.42. The molecule has 0 spiro atoms. The molecule has 1 aliphatic heterocycles. The van der Waals surface area contributed by atoms with Crippen LogP contribution in [-0.4, -0.2) is 17.3 Å². The third-order valence-corrected chi connectivity index (χ3v) is 3.42. The van der Waals surface area contributed by atoms with Crippen molar-refractivity contribution in [3.8, 4) is 17.7 Å². The Balaban J connectivity index is 2.17. The molecule has 7 nitrogen and oxygen atoms in total. The van der Waals surface area contributed by atoms with Crippen molar-refractivity contribution in [2.24, 2.45) is 5.73 Å². The van der Waals surface area contributed by atoms with Crippen molar-refractivity contribution in [3.63, 3.8) is 0 Å². The molecule has 5 N–H and O–H groups in total. The van der Waals surface area contributed by atoms with Gasteiger partial charge in [0.25, 0.3) is 0 Å². The van der Waals surface area contributed by atoms with Gasteiger partial charge in [-0.1, -0.05) is 12.1 Å². The molecule has 7 heteroatoms. The Morgan fingerprint density at radius 3 is 2.67 bits per heavy atom. The van der Waals surface area contributed by atoms with Crippen LogP contribution in [0.1, 0.15) is 17.0 Å². The van der Waals surface area contributed by atoms with E-state index in [1.807, 2.05) is 24.3 Å². The fourth-order valence-corrected chi connectivity index (χ4v) is 2.40. The zero-order valence-corrected chi connectivity index (χ0v) is 11.3. The molecule has 0 aliphatic carbocycles. The van der Waals surface area contributed by atoms with Crippen LogP contribution in [0.2, 0.25) is 0 Å². The number of nitrogen functional groups attached to an aromatic ring is 1. The Morgan fingerprint density at radius 1 is 1.33 bits per heavy atom. The molecule has 0 fully saturated rings. The molecule has 2 aromatic rings. The van der Waals surface area contributed by atoms with Crippen molar-refractivity contribution in [1.82, 2.24) is 10.2 Å². The molecule has 1 unspecified atom stereocenters. The van der Waals surface area contributed by atoms with Gasteiger partial charge in [0.05, 0.1) is 18.6 Å². The van der Waals surface area contributed by atoms with Crippen LogP contribution in [0.5, 0.6) is 11.6 Å². The van der Waals surface area contributed by atoms with Gasteiger partial charge >= 0.3 is 0 Å². The van der Waals surface area contributed by atoms with Crippen molar-refractivity contribution < 1.29 is 9.47 Å². The number of H-pyrrole nitrogens is 1. The standard InChI is InChI=1S/C14H13N5O2/c1-20-8-4-2-7(3-5-8)10-9(6-15)13(17)21-14-11(10)12(16)18-19-14/h2-5,10H,17H2,1H3,(H3,16,18,19). The highest BCUT2D eigenvalue weighted by Crippen LogP contribution is 2.43. The largest absolute Gasteiger partial charge is 0.497 e. The minimum Gasteiger partial charge on any atom is -0.497 e. The first-order valence-corrected chi connectivity index (χ1v) is 6.21. The first-order valence-electron chi connectivity index (χ1n) is 6.21. The summed E-state index contributed by atoms with van der Waals surface area (Å²) in [5.41, 5.74) is 13.5. The van der Waals surface area contributed by atoms with Crippen LogP contribution in [0, 0.1) is 11.3 Å². The van der Waals surface area contributed by atoms with Crippen molar-refractivity contribution >= 4 is 5.82 Å². The molecule has 0 saturated heterocycles. The maximum Gasteiger partial charge on any atom is 0.246 e. The lowest BCUT2D eigenvalue weighted by Crippen LogP contribution is -2.21. The van der Waals surface area contributed by atoms with Crippen LogP contribution in [0.15, 0.2) is 35.7 Å². The predicted octanol–water partition coefficient (Wildman–Crippen LogP) is 1.22. The van der Waals surface area contributed by atoms with Crippen LogP contribution in [0.3, 0.4) is 0 Å². The average molecular weight is 283 g/mol. The molecule has 106 valence electrons. The summed E-state index contributed by atoms with van der Waals surface area (Å²) >= 11 is 0. The fraction of sp³-hybridized carbons (Fsp3) is 0.143. The van der Waals surface area contributed by atoms with E-state index in [0.717, 1.165) is 11.3 Å². The summed E-state index contributed by atoms with van der Waals surface area (Å²) in [5, 5.41) is 16.0. The summed E-state index contributed by atoms with van der Waals surface area (Å²) in [6, 6.07) is 9.43. The lowest BCUT2D eigenvalue weighted by Gasteiger charge is -2.23. The molecule has 1 atom stereocenters. The number of ether oxygens (including phenoxy) is 2. The van der Waals surface area contributed by atoms with Gasteiger partial charge in [-0.15, -0.1) is 5.10 Å². The van der Waals surface area contributed by atoms with E-state index < -0.39 is 5.92 Å². The highest BCUT2D eigenvalue weighted by Gasteiger charge is 2.34. The molecular weight excluding hydrogens is 270 g/mol. The van der Waals surface area contributed by atoms with E-state index in [-0.39, 0.29) is 5.88 Å². The summed E-state index contributed by atoms with van der Waals surface area (Å²) in [5.74, 6) is 0.998. The highest BCUT2D eigenvalue weighted by molar-refractivity contribution is 5.61. The summed E-state index contributed by atoms with van der Waals surface area (Å²) in [6.07, 6.45) is 0. The number of fused-ring (bicyclic) bond motifs is 1. The molecule has 3 rings (SSSR count). The number of benzene rings is 1. The average Bonchev–Trinajstić information content (AvgIpc) is 2.87. The summed E-state index contributed by atoms with van der Waals surface area (Å²) in [4.78, 5) is 0. The van der Waals surface area contributed by atoms with Gasteiger partial charge in [0.2, 0.25) is 11.8 Å². The molecule has 1 aromatic heterocycles. The molecule has 0 bridgehead atoms. The van der Waals surface area contributed by atoms with Crippen molar-refractivity contribution in [2.75, 3.05) is 12.8 Å². The van der Waals surface area contributed by atoms with E-state index in [2.05, 4.69) is 16.3 Å². The Kier molecular flexibility index (Phi) is 2.92. The second-order valence-corrected chi connectivity index (χ2v) is 4.55. The number of methoxy groups -OCH3 is 1. The van der Waals surface area contributed by atoms with E-state index in [9.17, 15) is 5.26 Å². The van der Waals surface area contributed by atoms with Crippen LogP contribution < -0.4 is 20.9 Å². The number of nitrogens with one attached hydrogen (secondary N) is 1. The van der Waals surface area contributed by atoms with Gasteiger partial charge in [-0.3, -0.25) is 5.10 Å².